The molecule has 26 heavy (non-hydrogen) atoms. The van der Waals surface area contributed by atoms with E-state index in [-0.39, 0.29) is 18.3 Å². The van der Waals surface area contributed by atoms with Gasteiger partial charge >= 0.3 is 5.76 Å². The summed E-state index contributed by atoms with van der Waals surface area (Å²) in [7, 11) is 0. The molecule has 1 amide bonds. The van der Waals surface area contributed by atoms with E-state index in [4.69, 9.17) is 4.42 Å². The first-order chi connectivity index (χ1) is 12.6. The van der Waals surface area contributed by atoms with Crippen LogP contribution in [0.5, 0.6) is 0 Å². The molecule has 0 bridgehead atoms. The van der Waals surface area contributed by atoms with E-state index < -0.39 is 11.6 Å². The third-order valence-electron chi connectivity index (χ3n) is 3.93. The minimum absolute atomic E-state index is 0.0499. The molecule has 0 saturated carbocycles. The number of hydrogen-bond acceptors (Lipinski definition) is 4. The number of rotatable bonds is 6. The van der Waals surface area contributed by atoms with Crippen molar-refractivity contribution in [2.75, 3.05) is 6.54 Å². The zero-order chi connectivity index (χ0) is 18.5. The van der Waals surface area contributed by atoms with Crippen LogP contribution in [0.15, 0.2) is 63.8 Å². The number of aromatic nitrogens is 2. The van der Waals surface area contributed by atoms with Gasteiger partial charge in [-0.3, -0.25) is 4.79 Å². The van der Waals surface area contributed by atoms with E-state index in [1.807, 2.05) is 37.3 Å². The lowest BCUT2D eigenvalue weighted by atomic mass is 10.2. The molecule has 7 heteroatoms. The fourth-order valence-corrected chi connectivity index (χ4v) is 2.52. The topological polar surface area (TPSA) is 68.3 Å². The number of hydrogen-bond donors (Lipinski definition) is 0. The quantitative estimate of drug-likeness (QED) is 0.682. The zero-order valence-corrected chi connectivity index (χ0v) is 14.3. The van der Waals surface area contributed by atoms with Gasteiger partial charge in [-0.1, -0.05) is 30.3 Å². The summed E-state index contributed by atoms with van der Waals surface area (Å²) in [6.07, 6.45) is 0. The number of carbonyl (C=O) groups excluding carboxylic acids is 1. The Hall–Kier alpha value is -3.22. The number of halogens is 1. The lowest BCUT2D eigenvalue weighted by Gasteiger charge is -2.20. The summed E-state index contributed by atoms with van der Waals surface area (Å²) >= 11 is 0. The van der Waals surface area contributed by atoms with E-state index in [2.05, 4.69) is 5.10 Å². The van der Waals surface area contributed by atoms with Crippen molar-refractivity contribution >= 4 is 5.91 Å². The van der Waals surface area contributed by atoms with E-state index in [1.54, 1.807) is 4.90 Å². The minimum Gasteiger partial charge on any atom is -0.388 e. The Labute approximate surface area is 149 Å². The van der Waals surface area contributed by atoms with Gasteiger partial charge in [-0.05, 0) is 36.8 Å². The maximum absolute atomic E-state index is 13.0. The Morgan fingerprint density at radius 2 is 1.85 bits per heavy atom. The number of amides is 1. The Bertz CT molecular complexity index is 933. The van der Waals surface area contributed by atoms with Gasteiger partial charge in [-0.25, -0.2) is 9.18 Å². The predicted molar refractivity (Wildman–Crippen MR) is 93.7 cm³/mol. The fraction of sp³-hybridized carbons (Fsp3) is 0.211. The highest BCUT2D eigenvalue weighted by Gasteiger charge is 2.17. The van der Waals surface area contributed by atoms with Crippen molar-refractivity contribution < 1.29 is 13.6 Å². The van der Waals surface area contributed by atoms with E-state index >= 15 is 0 Å². The molecule has 0 radical (unpaired) electrons. The summed E-state index contributed by atoms with van der Waals surface area (Å²) in [5.41, 5.74) is 1.47. The van der Waals surface area contributed by atoms with Crippen LogP contribution in [-0.4, -0.2) is 27.1 Å². The van der Waals surface area contributed by atoms with Gasteiger partial charge in [-0.2, -0.15) is 4.68 Å². The SMILES string of the molecule is CCN(Cc1ccccc1)C(=O)Cn1nc(-c2ccc(F)cc2)oc1=O. The molecule has 0 spiro atoms. The second-order valence-corrected chi connectivity index (χ2v) is 5.73. The Morgan fingerprint density at radius 1 is 1.15 bits per heavy atom. The summed E-state index contributed by atoms with van der Waals surface area (Å²) in [5, 5.41) is 4.04. The molecular weight excluding hydrogens is 337 g/mol. The maximum Gasteiger partial charge on any atom is 0.437 e. The van der Waals surface area contributed by atoms with Crippen molar-refractivity contribution in [3.8, 4) is 11.5 Å². The van der Waals surface area contributed by atoms with Crippen LogP contribution in [0, 0.1) is 5.82 Å². The molecule has 0 aliphatic rings. The summed E-state index contributed by atoms with van der Waals surface area (Å²) < 4.78 is 19.1. The summed E-state index contributed by atoms with van der Waals surface area (Å²) in [5.74, 6) is -1.31. The number of carbonyl (C=O) groups is 1. The van der Waals surface area contributed by atoms with Gasteiger partial charge in [0.25, 0.3) is 0 Å². The molecular formula is C19H18FN3O3. The molecule has 0 fully saturated rings. The summed E-state index contributed by atoms with van der Waals surface area (Å²) in [6, 6.07) is 15.0. The number of benzene rings is 2. The lowest BCUT2D eigenvalue weighted by Crippen LogP contribution is -2.35. The van der Waals surface area contributed by atoms with Crippen LogP contribution in [0.25, 0.3) is 11.5 Å². The van der Waals surface area contributed by atoms with Gasteiger partial charge in [0, 0.05) is 18.7 Å². The van der Waals surface area contributed by atoms with E-state index in [9.17, 15) is 14.0 Å². The van der Waals surface area contributed by atoms with Crippen LogP contribution in [0.1, 0.15) is 12.5 Å². The van der Waals surface area contributed by atoms with Crippen LogP contribution < -0.4 is 5.76 Å². The molecule has 0 aliphatic heterocycles. The third kappa shape index (κ3) is 4.05. The molecule has 3 aromatic rings. The van der Waals surface area contributed by atoms with E-state index in [0.717, 1.165) is 10.2 Å². The van der Waals surface area contributed by atoms with Gasteiger partial charge in [0.05, 0.1) is 0 Å². The van der Waals surface area contributed by atoms with Gasteiger partial charge < -0.3 is 9.32 Å². The molecule has 6 nitrogen and oxygen atoms in total. The molecule has 2 aromatic carbocycles. The highest BCUT2D eigenvalue weighted by molar-refractivity contribution is 5.75. The van der Waals surface area contributed by atoms with Crippen molar-refractivity contribution in [3.05, 3.63) is 76.5 Å². The van der Waals surface area contributed by atoms with Gasteiger partial charge in [0.1, 0.15) is 12.4 Å². The molecule has 0 N–H and O–H groups in total. The smallest absolute Gasteiger partial charge is 0.388 e. The van der Waals surface area contributed by atoms with Crippen LogP contribution in [0.2, 0.25) is 0 Å². The average Bonchev–Trinajstić information content (AvgIpc) is 3.01. The van der Waals surface area contributed by atoms with Crippen LogP contribution in [0.4, 0.5) is 4.39 Å². The molecule has 0 saturated heterocycles. The third-order valence-corrected chi connectivity index (χ3v) is 3.93. The van der Waals surface area contributed by atoms with Crippen LogP contribution >= 0.6 is 0 Å². The summed E-state index contributed by atoms with van der Waals surface area (Å²) in [4.78, 5) is 26.1. The normalized spacial score (nSPS) is 10.7. The summed E-state index contributed by atoms with van der Waals surface area (Å²) in [6.45, 7) is 2.61. The molecule has 1 heterocycles. The zero-order valence-electron chi connectivity index (χ0n) is 14.3. The molecule has 0 atom stereocenters. The lowest BCUT2D eigenvalue weighted by molar-refractivity contribution is -0.132. The monoisotopic (exact) mass is 355 g/mol. The van der Waals surface area contributed by atoms with Crippen molar-refractivity contribution in [1.29, 1.82) is 0 Å². The van der Waals surface area contributed by atoms with Crippen molar-refractivity contribution in [1.82, 2.24) is 14.7 Å². The van der Waals surface area contributed by atoms with Crippen LogP contribution in [0.3, 0.4) is 0 Å². The molecule has 0 aliphatic carbocycles. The second kappa shape index (κ2) is 7.77. The van der Waals surface area contributed by atoms with Crippen molar-refractivity contribution in [3.63, 3.8) is 0 Å². The molecule has 0 unspecified atom stereocenters. The Morgan fingerprint density at radius 3 is 2.50 bits per heavy atom. The first kappa shape index (κ1) is 17.6. The first-order valence-corrected chi connectivity index (χ1v) is 8.22. The molecule has 1 aromatic heterocycles. The fourth-order valence-electron chi connectivity index (χ4n) is 2.52. The van der Waals surface area contributed by atoms with Gasteiger partial charge in [0.15, 0.2) is 0 Å². The first-order valence-electron chi connectivity index (χ1n) is 8.22. The van der Waals surface area contributed by atoms with Crippen molar-refractivity contribution in [2.45, 2.75) is 20.0 Å². The molecule has 134 valence electrons. The average molecular weight is 355 g/mol. The van der Waals surface area contributed by atoms with Gasteiger partial charge in [0.2, 0.25) is 11.8 Å². The highest BCUT2D eigenvalue weighted by atomic mass is 19.1. The van der Waals surface area contributed by atoms with Crippen LogP contribution in [-0.2, 0) is 17.9 Å². The van der Waals surface area contributed by atoms with E-state index in [0.29, 0.717) is 18.7 Å². The number of likely N-dealkylation sites (N-methyl/N-ethyl adjacent to an activating group) is 1. The molecule has 3 rings (SSSR count). The predicted octanol–water partition coefficient (Wildman–Crippen LogP) is 2.69. The van der Waals surface area contributed by atoms with Gasteiger partial charge in [-0.15, -0.1) is 5.10 Å². The van der Waals surface area contributed by atoms with E-state index in [1.165, 1.54) is 24.3 Å². The minimum atomic E-state index is -0.728. The number of nitrogens with zero attached hydrogens (tertiary/aromatic N) is 3. The highest BCUT2D eigenvalue weighted by Crippen LogP contribution is 2.15. The standard InChI is InChI=1S/C19H18FN3O3/c1-2-22(12-14-6-4-3-5-7-14)17(24)13-23-19(25)26-18(21-23)15-8-10-16(20)11-9-15/h3-11H,2,12-13H2,1H3. The maximum atomic E-state index is 13.0. The Balaban J connectivity index is 1.74. The largest absolute Gasteiger partial charge is 0.437 e. The second-order valence-electron chi connectivity index (χ2n) is 5.73. The Kier molecular flexibility index (Phi) is 5.26. The van der Waals surface area contributed by atoms with Crippen molar-refractivity contribution in [2.24, 2.45) is 0 Å².